The molecule has 134 valence electrons. The summed E-state index contributed by atoms with van der Waals surface area (Å²) in [5.74, 6) is -0.856. The summed E-state index contributed by atoms with van der Waals surface area (Å²) in [5.41, 5.74) is 6.87. The van der Waals surface area contributed by atoms with E-state index in [0.29, 0.717) is 17.0 Å². The molecule has 2 aromatic rings. The molecule has 2 aromatic heterocycles. The van der Waals surface area contributed by atoms with E-state index in [2.05, 4.69) is 15.0 Å². The molecule has 0 aromatic carbocycles. The molecule has 0 aliphatic carbocycles. The number of imidazole rings is 1. The van der Waals surface area contributed by atoms with Crippen LogP contribution < -0.4 is 5.73 Å². The average Bonchev–Trinajstić information content (AvgIpc) is 3.17. The normalized spacial score (nSPS) is 30.5. The Balaban J connectivity index is 1.68. The summed E-state index contributed by atoms with van der Waals surface area (Å²) in [6.07, 6.45) is 1.18. The zero-order valence-electron chi connectivity index (χ0n) is 14.1. The maximum atomic E-state index is 11.1. The van der Waals surface area contributed by atoms with Crippen LogP contribution >= 0.6 is 0 Å². The van der Waals surface area contributed by atoms with E-state index in [1.165, 1.54) is 13.3 Å². The summed E-state index contributed by atoms with van der Waals surface area (Å²) in [6, 6.07) is 0. The third-order valence-corrected chi connectivity index (χ3v) is 4.24. The van der Waals surface area contributed by atoms with Crippen molar-refractivity contribution in [2.45, 2.75) is 51.1 Å². The Hall–Kier alpha value is -2.30. The van der Waals surface area contributed by atoms with Gasteiger partial charge in [-0.1, -0.05) is 0 Å². The van der Waals surface area contributed by atoms with E-state index < -0.39 is 24.2 Å². The minimum Gasteiger partial charge on any atom is -0.463 e. The SMILES string of the molecule is CC(=O)OC[C@@H]1O[C@@H](n2cnc3c(N)ncnc32)[C@H]2OC(C)(C)O[C@H]21. The number of carbonyl (C=O) groups excluding carboxylic acids is 1. The second kappa shape index (κ2) is 5.61. The standard InChI is InChI=1S/C15H19N5O5/c1-7(21)22-4-8-10-11(25-15(2,3)24-10)14(23-8)20-6-19-9-12(16)17-5-18-13(9)20/h5-6,8,10-11,14H,4H2,1-3H3,(H2,16,17,18)/t8-,10-,11-,14+/m0/s1. The van der Waals surface area contributed by atoms with Crippen LogP contribution in [0.2, 0.25) is 0 Å². The maximum Gasteiger partial charge on any atom is 0.302 e. The molecule has 2 aliphatic heterocycles. The highest BCUT2D eigenvalue weighted by Gasteiger charge is 2.56. The summed E-state index contributed by atoms with van der Waals surface area (Å²) >= 11 is 0. The Morgan fingerprint density at radius 3 is 2.84 bits per heavy atom. The fourth-order valence-electron chi connectivity index (χ4n) is 3.27. The molecule has 0 bridgehead atoms. The van der Waals surface area contributed by atoms with Gasteiger partial charge in [0, 0.05) is 6.92 Å². The smallest absolute Gasteiger partial charge is 0.302 e. The quantitative estimate of drug-likeness (QED) is 0.783. The molecule has 0 radical (unpaired) electrons. The average molecular weight is 349 g/mol. The molecule has 0 spiro atoms. The molecule has 10 heteroatoms. The van der Waals surface area contributed by atoms with Gasteiger partial charge in [-0.3, -0.25) is 9.36 Å². The Morgan fingerprint density at radius 2 is 2.08 bits per heavy atom. The number of ether oxygens (including phenoxy) is 4. The van der Waals surface area contributed by atoms with Crippen LogP contribution in [0.5, 0.6) is 0 Å². The Morgan fingerprint density at radius 1 is 1.32 bits per heavy atom. The van der Waals surface area contributed by atoms with Gasteiger partial charge in [-0.15, -0.1) is 0 Å². The molecule has 0 unspecified atom stereocenters. The molecule has 4 rings (SSSR count). The highest BCUT2D eigenvalue weighted by atomic mass is 16.8. The van der Waals surface area contributed by atoms with Gasteiger partial charge in [0.1, 0.15) is 36.8 Å². The van der Waals surface area contributed by atoms with E-state index >= 15 is 0 Å². The lowest BCUT2D eigenvalue weighted by Crippen LogP contribution is -2.33. The van der Waals surface area contributed by atoms with Gasteiger partial charge in [-0.05, 0) is 13.8 Å². The molecule has 25 heavy (non-hydrogen) atoms. The van der Waals surface area contributed by atoms with Gasteiger partial charge in [0.15, 0.2) is 23.5 Å². The van der Waals surface area contributed by atoms with Crippen LogP contribution in [0, 0.1) is 0 Å². The van der Waals surface area contributed by atoms with E-state index in [0.717, 1.165) is 0 Å². The number of fused-ring (bicyclic) bond motifs is 2. The Bertz CT molecular complexity index is 822. The van der Waals surface area contributed by atoms with Crippen molar-refractivity contribution >= 4 is 23.0 Å². The molecule has 2 saturated heterocycles. The van der Waals surface area contributed by atoms with Gasteiger partial charge in [-0.25, -0.2) is 15.0 Å². The summed E-state index contributed by atoms with van der Waals surface area (Å²) in [5, 5.41) is 0. The lowest BCUT2D eigenvalue weighted by Gasteiger charge is -2.24. The van der Waals surface area contributed by atoms with Crippen molar-refractivity contribution in [1.82, 2.24) is 19.5 Å². The van der Waals surface area contributed by atoms with Gasteiger partial charge in [0.05, 0.1) is 6.33 Å². The number of rotatable bonds is 3. The number of hydrogen-bond donors (Lipinski definition) is 1. The van der Waals surface area contributed by atoms with Crippen LogP contribution in [0.25, 0.3) is 11.2 Å². The molecule has 0 saturated carbocycles. The molecule has 2 N–H and O–H groups in total. The van der Waals surface area contributed by atoms with E-state index in [-0.39, 0.29) is 18.7 Å². The van der Waals surface area contributed by atoms with Crippen LogP contribution in [-0.4, -0.2) is 56.2 Å². The first-order chi connectivity index (χ1) is 11.9. The van der Waals surface area contributed by atoms with Gasteiger partial charge in [0.2, 0.25) is 0 Å². The summed E-state index contributed by atoms with van der Waals surface area (Å²) in [6.45, 7) is 5.09. The van der Waals surface area contributed by atoms with E-state index in [9.17, 15) is 4.79 Å². The zero-order chi connectivity index (χ0) is 17.8. The van der Waals surface area contributed by atoms with Crippen molar-refractivity contribution < 1.29 is 23.7 Å². The summed E-state index contributed by atoms with van der Waals surface area (Å²) in [7, 11) is 0. The Labute approximate surface area is 143 Å². The second-order valence-corrected chi connectivity index (χ2v) is 6.52. The lowest BCUT2D eigenvalue weighted by molar-refractivity contribution is -0.201. The molecular formula is C15H19N5O5. The van der Waals surface area contributed by atoms with E-state index in [4.69, 9.17) is 24.7 Å². The van der Waals surface area contributed by atoms with Crippen LogP contribution in [-0.2, 0) is 23.7 Å². The predicted octanol–water partition coefficient (Wildman–Crippen LogP) is 0.389. The van der Waals surface area contributed by atoms with Gasteiger partial charge < -0.3 is 24.7 Å². The third kappa shape index (κ3) is 2.71. The summed E-state index contributed by atoms with van der Waals surface area (Å²) in [4.78, 5) is 23.6. The largest absolute Gasteiger partial charge is 0.463 e. The molecule has 4 atom stereocenters. The second-order valence-electron chi connectivity index (χ2n) is 6.52. The summed E-state index contributed by atoms with van der Waals surface area (Å²) < 4.78 is 24.9. The number of carbonyl (C=O) groups is 1. The number of nitrogens with zero attached hydrogens (tertiary/aromatic N) is 4. The van der Waals surface area contributed by atoms with Crippen molar-refractivity contribution in [1.29, 1.82) is 0 Å². The molecule has 2 aliphatic rings. The molecule has 2 fully saturated rings. The molecule has 10 nitrogen and oxygen atoms in total. The highest BCUT2D eigenvalue weighted by Crippen LogP contribution is 2.43. The maximum absolute atomic E-state index is 11.1. The Kier molecular flexibility index (Phi) is 3.63. The number of aromatic nitrogens is 4. The zero-order valence-corrected chi connectivity index (χ0v) is 14.1. The van der Waals surface area contributed by atoms with Crippen molar-refractivity contribution in [3.05, 3.63) is 12.7 Å². The molecular weight excluding hydrogens is 330 g/mol. The molecule has 0 amide bonds. The van der Waals surface area contributed by atoms with Crippen LogP contribution in [0.4, 0.5) is 5.82 Å². The predicted molar refractivity (Wildman–Crippen MR) is 84.1 cm³/mol. The minimum absolute atomic E-state index is 0.0796. The fourth-order valence-corrected chi connectivity index (χ4v) is 3.27. The van der Waals surface area contributed by atoms with Crippen molar-refractivity contribution in [2.75, 3.05) is 12.3 Å². The number of anilines is 1. The van der Waals surface area contributed by atoms with Crippen LogP contribution in [0.3, 0.4) is 0 Å². The van der Waals surface area contributed by atoms with Crippen LogP contribution in [0.15, 0.2) is 12.7 Å². The van der Waals surface area contributed by atoms with Gasteiger partial charge in [0.25, 0.3) is 0 Å². The lowest BCUT2D eigenvalue weighted by atomic mass is 10.1. The first kappa shape index (κ1) is 16.2. The number of nitrogens with two attached hydrogens (primary N) is 1. The number of esters is 1. The first-order valence-electron chi connectivity index (χ1n) is 7.93. The third-order valence-electron chi connectivity index (χ3n) is 4.24. The van der Waals surface area contributed by atoms with Crippen molar-refractivity contribution in [2.24, 2.45) is 0 Å². The minimum atomic E-state index is -0.768. The van der Waals surface area contributed by atoms with E-state index in [1.54, 1.807) is 10.9 Å². The molecule has 4 heterocycles. The first-order valence-corrected chi connectivity index (χ1v) is 7.93. The van der Waals surface area contributed by atoms with E-state index in [1.807, 2.05) is 13.8 Å². The fraction of sp³-hybridized carbons (Fsp3) is 0.600. The van der Waals surface area contributed by atoms with Gasteiger partial charge in [-0.2, -0.15) is 0 Å². The topological polar surface area (TPSA) is 124 Å². The van der Waals surface area contributed by atoms with Crippen molar-refractivity contribution in [3.8, 4) is 0 Å². The number of nitrogen functional groups attached to an aromatic ring is 1. The number of hydrogen-bond acceptors (Lipinski definition) is 9. The monoisotopic (exact) mass is 349 g/mol. The van der Waals surface area contributed by atoms with Crippen LogP contribution in [0.1, 0.15) is 27.0 Å². The van der Waals surface area contributed by atoms with Crippen molar-refractivity contribution in [3.63, 3.8) is 0 Å². The van der Waals surface area contributed by atoms with Gasteiger partial charge >= 0.3 is 5.97 Å². The highest BCUT2D eigenvalue weighted by molar-refractivity contribution is 5.81.